The highest BCUT2D eigenvalue weighted by Gasteiger charge is 2.35. The predicted octanol–water partition coefficient (Wildman–Crippen LogP) is 5.64. The van der Waals surface area contributed by atoms with Gasteiger partial charge in [-0.2, -0.15) is 0 Å². The summed E-state index contributed by atoms with van der Waals surface area (Å²) >= 11 is 7.36. The average Bonchev–Trinajstić information content (AvgIpc) is 3.68. The summed E-state index contributed by atoms with van der Waals surface area (Å²) in [5, 5.41) is 0.256. The third-order valence-corrected chi connectivity index (χ3v) is 8.65. The molecule has 0 radical (unpaired) electrons. The number of halogens is 1. The standard InChI is InChI=1S/C35H27ClN2O7S/c1-4-44-34(41)29-30(20-9-6-5-7-10-20)37-35-38(31(29)22-11-8-12-23(17-22)42-2)32(39)28(46-35)19-24-14-16-27(45-24)21-13-15-26(36)25(18-21)33(40)43-3/h5-19,31H,4H2,1-3H3/b28-19-/t31-/m1/s1. The number of carbonyl (C=O) groups excluding carboxylic acids is 2. The van der Waals surface area contributed by atoms with Crippen LogP contribution in [0.4, 0.5) is 0 Å². The molecule has 0 saturated carbocycles. The van der Waals surface area contributed by atoms with E-state index in [0.717, 1.165) is 0 Å². The number of fused-ring (bicyclic) bond motifs is 1. The van der Waals surface area contributed by atoms with Crippen molar-refractivity contribution in [2.45, 2.75) is 13.0 Å². The second-order valence-corrected chi connectivity index (χ2v) is 11.5. The summed E-state index contributed by atoms with van der Waals surface area (Å²) in [4.78, 5) is 45.2. The first-order chi connectivity index (χ1) is 22.3. The molecule has 5 aromatic rings. The van der Waals surface area contributed by atoms with Gasteiger partial charge in [0.25, 0.3) is 5.56 Å². The second kappa shape index (κ2) is 13.0. The third-order valence-electron chi connectivity index (χ3n) is 7.34. The van der Waals surface area contributed by atoms with E-state index in [2.05, 4.69) is 0 Å². The van der Waals surface area contributed by atoms with Gasteiger partial charge in [-0.25, -0.2) is 14.6 Å². The minimum absolute atomic E-state index is 0.148. The van der Waals surface area contributed by atoms with Crippen molar-refractivity contribution in [3.8, 4) is 17.1 Å². The summed E-state index contributed by atoms with van der Waals surface area (Å²) in [6, 6.07) is 24.1. The fourth-order valence-corrected chi connectivity index (χ4v) is 6.40. The van der Waals surface area contributed by atoms with Crippen molar-refractivity contribution in [2.24, 2.45) is 4.99 Å². The molecule has 3 aromatic carbocycles. The van der Waals surface area contributed by atoms with Crippen LogP contribution in [0, 0.1) is 0 Å². The number of benzene rings is 3. The third kappa shape index (κ3) is 5.80. The molecule has 0 unspecified atom stereocenters. The van der Waals surface area contributed by atoms with Crippen molar-refractivity contribution >= 4 is 46.6 Å². The highest BCUT2D eigenvalue weighted by Crippen LogP contribution is 2.36. The van der Waals surface area contributed by atoms with Crippen LogP contribution in [0.15, 0.2) is 105 Å². The number of ether oxygens (including phenoxy) is 3. The van der Waals surface area contributed by atoms with Crippen molar-refractivity contribution in [1.29, 1.82) is 0 Å². The summed E-state index contributed by atoms with van der Waals surface area (Å²) < 4.78 is 23.8. The van der Waals surface area contributed by atoms with Gasteiger partial charge in [-0.3, -0.25) is 9.36 Å². The lowest BCUT2D eigenvalue weighted by Crippen LogP contribution is -2.40. The number of hydrogen-bond donors (Lipinski definition) is 0. The lowest BCUT2D eigenvalue weighted by Gasteiger charge is -2.26. The first kappa shape index (κ1) is 30.8. The Bertz CT molecular complexity index is 2180. The van der Waals surface area contributed by atoms with E-state index in [4.69, 9.17) is 35.2 Å². The highest BCUT2D eigenvalue weighted by molar-refractivity contribution is 7.07. The summed E-state index contributed by atoms with van der Waals surface area (Å²) in [6.45, 7) is 1.88. The van der Waals surface area contributed by atoms with E-state index in [1.165, 1.54) is 23.0 Å². The number of thiazole rings is 1. The van der Waals surface area contributed by atoms with Gasteiger partial charge in [0.05, 0.1) is 53.3 Å². The van der Waals surface area contributed by atoms with E-state index in [-0.39, 0.29) is 28.3 Å². The molecule has 6 rings (SSSR count). The molecular formula is C35H27ClN2O7S. The zero-order valence-corrected chi connectivity index (χ0v) is 26.6. The molecule has 232 valence electrons. The number of hydrogen-bond acceptors (Lipinski definition) is 9. The molecular weight excluding hydrogens is 628 g/mol. The first-order valence-electron chi connectivity index (χ1n) is 14.2. The van der Waals surface area contributed by atoms with Crippen molar-refractivity contribution in [3.63, 3.8) is 0 Å². The molecule has 1 aliphatic heterocycles. The molecule has 0 fully saturated rings. The molecule has 2 aromatic heterocycles. The Morgan fingerprint density at radius 3 is 2.52 bits per heavy atom. The minimum Gasteiger partial charge on any atom is -0.497 e. The Balaban J connectivity index is 1.53. The van der Waals surface area contributed by atoms with Gasteiger partial charge in [0.2, 0.25) is 0 Å². The minimum atomic E-state index is -0.847. The average molecular weight is 655 g/mol. The molecule has 0 bridgehead atoms. The van der Waals surface area contributed by atoms with Gasteiger partial charge in [-0.05, 0) is 55.0 Å². The number of methoxy groups -OCH3 is 2. The van der Waals surface area contributed by atoms with Crippen LogP contribution in [0.25, 0.3) is 23.1 Å². The fourth-order valence-electron chi connectivity index (χ4n) is 5.23. The zero-order chi connectivity index (χ0) is 32.4. The zero-order valence-electron chi connectivity index (χ0n) is 25.0. The Morgan fingerprint density at radius 2 is 1.78 bits per heavy atom. The number of furan rings is 1. The van der Waals surface area contributed by atoms with Crippen LogP contribution >= 0.6 is 22.9 Å². The normalized spacial score (nSPS) is 14.4. The lowest BCUT2D eigenvalue weighted by atomic mass is 9.93. The Kier molecular flexibility index (Phi) is 8.74. The molecule has 46 heavy (non-hydrogen) atoms. The number of rotatable bonds is 8. The molecule has 0 aliphatic carbocycles. The number of esters is 2. The Hall–Kier alpha value is -5.19. The van der Waals surface area contributed by atoms with Crippen molar-refractivity contribution in [2.75, 3.05) is 20.8 Å². The van der Waals surface area contributed by atoms with Gasteiger partial charge < -0.3 is 18.6 Å². The summed E-state index contributed by atoms with van der Waals surface area (Å²) in [7, 11) is 2.84. The maximum atomic E-state index is 14.2. The number of aromatic nitrogens is 1. The summed E-state index contributed by atoms with van der Waals surface area (Å²) in [6.07, 6.45) is 1.63. The summed E-state index contributed by atoms with van der Waals surface area (Å²) in [5.74, 6) is 0.299. The molecule has 11 heteroatoms. The van der Waals surface area contributed by atoms with Gasteiger partial charge >= 0.3 is 11.9 Å². The van der Waals surface area contributed by atoms with Crippen LogP contribution in [0.5, 0.6) is 5.75 Å². The van der Waals surface area contributed by atoms with Crippen molar-refractivity contribution < 1.29 is 28.2 Å². The van der Waals surface area contributed by atoms with Crippen LogP contribution in [0.3, 0.4) is 0 Å². The van der Waals surface area contributed by atoms with Gasteiger partial charge in [0, 0.05) is 17.2 Å². The van der Waals surface area contributed by atoms with Gasteiger partial charge in [0.15, 0.2) is 4.80 Å². The molecule has 0 spiro atoms. The monoisotopic (exact) mass is 654 g/mol. The largest absolute Gasteiger partial charge is 0.497 e. The van der Waals surface area contributed by atoms with Crippen LogP contribution in [-0.4, -0.2) is 37.3 Å². The number of carbonyl (C=O) groups is 2. The van der Waals surface area contributed by atoms with E-state index in [9.17, 15) is 14.4 Å². The molecule has 1 aliphatic rings. The molecule has 0 saturated heterocycles. The highest BCUT2D eigenvalue weighted by atomic mass is 35.5. The van der Waals surface area contributed by atoms with E-state index < -0.39 is 18.0 Å². The van der Waals surface area contributed by atoms with Gasteiger partial charge in [0.1, 0.15) is 17.3 Å². The molecule has 9 nitrogen and oxygen atoms in total. The van der Waals surface area contributed by atoms with Gasteiger partial charge in [-0.1, -0.05) is 65.4 Å². The maximum absolute atomic E-state index is 14.2. The smallest absolute Gasteiger partial charge is 0.339 e. The first-order valence-corrected chi connectivity index (χ1v) is 15.4. The van der Waals surface area contributed by atoms with Crippen molar-refractivity contribution in [1.82, 2.24) is 4.57 Å². The van der Waals surface area contributed by atoms with E-state index in [0.29, 0.717) is 49.0 Å². The molecule has 3 heterocycles. The van der Waals surface area contributed by atoms with Crippen LogP contribution in [0.1, 0.15) is 40.2 Å². The predicted molar refractivity (Wildman–Crippen MR) is 175 cm³/mol. The molecule has 0 N–H and O–H groups in total. The van der Waals surface area contributed by atoms with E-state index in [1.807, 2.05) is 42.5 Å². The Labute approximate surface area is 272 Å². The molecule has 1 atom stereocenters. The summed E-state index contributed by atoms with van der Waals surface area (Å²) in [5.41, 5.74) is 2.48. The maximum Gasteiger partial charge on any atom is 0.339 e. The lowest BCUT2D eigenvalue weighted by molar-refractivity contribution is -0.138. The van der Waals surface area contributed by atoms with Gasteiger partial charge in [-0.15, -0.1) is 0 Å². The van der Waals surface area contributed by atoms with E-state index in [1.54, 1.807) is 62.6 Å². The van der Waals surface area contributed by atoms with Crippen LogP contribution in [0.2, 0.25) is 5.02 Å². The van der Waals surface area contributed by atoms with Crippen LogP contribution in [-0.2, 0) is 14.3 Å². The second-order valence-electron chi connectivity index (χ2n) is 10.1. The molecule has 0 amide bonds. The quantitative estimate of drug-likeness (QED) is 0.199. The fraction of sp³-hybridized carbons (Fsp3) is 0.143. The topological polar surface area (TPSA) is 109 Å². The SMILES string of the molecule is CCOC(=O)C1=C(c2ccccc2)N=c2s/c(=C\c3ccc(-c4ccc(Cl)c(C(=O)OC)c4)o3)c(=O)n2[C@@H]1c1cccc(OC)c1. The Morgan fingerprint density at radius 1 is 0.978 bits per heavy atom. The van der Waals surface area contributed by atoms with E-state index >= 15 is 0 Å². The van der Waals surface area contributed by atoms with Crippen LogP contribution < -0.4 is 19.6 Å². The number of nitrogens with zero attached hydrogens (tertiary/aromatic N) is 2. The van der Waals surface area contributed by atoms with Crippen molar-refractivity contribution in [3.05, 3.63) is 138 Å².